The molecule has 5 heteroatoms. The Labute approximate surface area is 118 Å². The fraction of sp³-hybridized carbons (Fsp3) is 0.857. The quantitative estimate of drug-likeness (QED) is 0.729. The van der Waals surface area contributed by atoms with Crippen LogP contribution in [0.15, 0.2) is 12.7 Å². The highest BCUT2D eigenvalue weighted by molar-refractivity contribution is 7.90. The lowest BCUT2D eigenvalue weighted by Crippen LogP contribution is -2.42. The molecule has 0 amide bonds. The molecule has 0 aromatic carbocycles. The van der Waals surface area contributed by atoms with Crippen LogP contribution in [0.5, 0.6) is 0 Å². The van der Waals surface area contributed by atoms with E-state index in [1.165, 1.54) is 0 Å². The largest absolute Gasteiger partial charge is 0.299 e. The van der Waals surface area contributed by atoms with Crippen molar-refractivity contribution in [1.29, 1.82) is 0 Å². The van der Waals surface area contributed by atoms with Gasteiger partial charge in [0.05, 0.1) is 5.25 Å². The van der Waals surface area contributed by atoms with Crippen LogP contribution in [0.4, 0.5) is 0 Å². The van der Waals surface area contributed by atoms with Crippen molar-refractivity contribution in [3.8, 4) is 0 Å². The average molecular weight is 288 g/mol. The maximum atomic E-state index is 12.2. The van der Waals surface area contributed by atoms with Crippen molar-refractivity contribution in [3.63, 3.8) is 0 Å². The summed E-state index contributed by atoms with van der Waals surface area (Å²) in [6.45, 7) is 13.4. The number of allylic oxidation sites excluding steroid dienone is 1. The third kappa shape index (κ3) is 4.58. The van der Waals surface area contributed by atoms with Gasteiger partial charge in [-0.2, -0.15) is 0 Å². The van der Waals surface area contributed by atoms with Crippen molar-refractivity contribution in [1.82, 2.24) is 9.62 Å². The smallest absolute Gasteiger partial charge is 0.216 e. The maximum absolute atomic E-state index is 12.2. The molecule has 0 aromatic rings. The molecule has 0 saturated carbocycles. The van der Waals surface area contributed by atoms with Crippen LogP contribution in [-0.4, -0.2) is 43.7 Å². The normalized spacial score (nSPS) is 24.6. The Bertz CT molecular complexity index is 392. The molecule has 4 nitrogen and oxygen atoms in total. The van der Waals surface area contributed by atoms with Crippen LogP contribution in [0.25, 0.3) is 0 Å². The summed E-state index contributed by atoms with van der Waals surface area (Å²) in [5.74, 6) is 0.511. The molecule has 1 aliphatic rings. The first-order chi connectivity index (χ1) is 8.77. The third-order valence-corrected chi connectivity index (χ3v) is 6.02. The molecule has 3 atom stereocenters. The number of rotatable bonds is 7. The first-order valence-corrected chi connectivity index (χ1v) is 8.68. The second-order valence-electron chi connectivity index (χ2n) is 5.97. The zero-order valence-electron chi connectivity index (χ0n) is 12.6. The van der Waals surface area contributed by atoms with E-state index in [1.54, 1.807) is 0 Å². The Morgan fingerprint density at radius 1 is 1.37 bits per heavy atom. The standard InChI is InChI=1S/C14H28N2O2S/c1-6-7-12(4)13(5)16-9-8-14(10-16)19(17,18)15-11(2)3/h6,11-15H,1,7-10H2,2-5H3. The fourth-order valence-corrected chi connectivity index (χ4v) is 4.27. The van der Waals surface area contributed by atoms with E-state index in [9.17, 15) is 8.42 Å². The van der Waals surface area contributed by atoms with E-state index in [4.69, 9.17) is 0 Å². The highest BCUT2D eigenvalue weighted by Gasteiger charge is 2.35. The first-order valence-electron chi connectivity index (χ1n) is 7.14. The summed E-state index contributed by atoms with van der Waals surface area (Å²) in [5, 5.41) is -0.270. The molecule has 0 radical (unpaired) electrons. The fourth-order valence-electron chi connectivity index (χ4n) is 2.62. The number of hydrogen-bond acceptors (Lipinski definition) is 3. The molecule has 0 aliphatic carbocycles. The van der Waals surface area contributed by atoms with Gasteiger partial charge in [-0.3, -0.25) is 4.90 Å². The summed E-state index contributed by atoms with van der Waals surface area (Å²) in [4.78, 5) is 2.29. The minimum Gasteiger partial charge on any atom is -0.299 e. The van der Waals surface area contributed by atoms with Crippen LogP contribution in [-0.2, 0) is 10.0 Å². The molecule has 19 heavy (non-hydrogen) atoms. The SMILES string of the molecule is C=CCC(C)C(C)N1CCC(S(=O)(=O)NC(C)C)C1. The van der Waals surface area contributed by atoms with Crippen LogP contribution < -0.4 is 4.72 Å². The number of nitrogens with zero attached hydrogens (tertiary/aromatic N) is 1. The minimum absolute atomic E-state index is 0.0313. The van der Waals surface area contributed by atoms with E-state index in [0.29, 0.717) is 18.5 Å². The zero-order chi connectivity index (χ0) is 14.6. The van der Waals surface area contributed by atoms with Gasteiger partial charge in [-0.1, -0.05) is 13.0 Å². The van der Waals surface area contributed by atoms with Crippen LogP contribution >= 0.6 is 0 Å². The van der Waals surface area contributed by atoms with Crippen LogP contribution in [0.3, 0.4) is 0 Å². The molecular formula is C14H28N2O2S. The highest BCUT2D eigenvalue weighted by Crippen LogP contribution is 2.23. The summed E-state index contributed by atoms with van der Waals surface area (Å²) in [5.41, 5.74) is 0. The number of nitrogens with one attached hydrogen (secondary N) is 1. The molecule has 1 aliphatic heterocycles. The summed E-state index contributed by atoms with van der Waals surface area (Å²) in [6, 6.07) is 0.369. The first kappa shape index (κ1) is 16.7. The number of likely N-dealkylation sites (tertiary alicyclic amines) is 1. The maximum Gasteiger partial charge on any atom is 0.216 e. The summed E-state index contributed by atoms with van der Waals surface area (Å²) in [7, 11) is -3.18. The van der Waals surface area contributed by atoms with Crippen molar-refractivity contribution >= 4 is 10.0 Å². The van der Waals surface area contributed by atoms with Gasteiger partial charge >= 0.3 is 0 Å². The van der Waals surface area contributed by atoms with Crippen molar-refractivity contribution in [2.45, 2.75) is 57.9 Å². The topological polar surface area (TPSA) is 49.4 Å². The van der Waals surface area contributed by atoms with Crippen molar-refractivity contribution in [2.24, 2.45) is 5.92 Å². The number of hydrogen-bond donors (Lipinski definition) is 1. The molecule has 1 rings (SSSR count). The summed E-state index contributed by atoms with van der Waals surface area (Å²) in [6.07, 6.45) is 3.64. The average Bonchev–Trinajstić information content (AvgIpc) is 2.76. The predicted molar refractivity (Wildman–Crippen MR) is 80.6 cm³/mol. The molecule has 0 spiro atoms. The van der Waals surface area contributed by atoms with Gasteiger partial charge in [0.25, 0.3) is 0 Å². The number of sulfonamides is 1. The minimum atomic E-state index is -3.18. The van der Waals surface area contributed by atoms with E-state index in [-0.39, 0.29) is 11.3 Å². The Morgan fingerprint density at radius 3 is 2.53 bits per heavy atom. The van der Waals surface area contributed by atoms with Crippen LogP contribution in [0.1, 0.15) is 40.5 Å². The summed E-state index contributed by atoms with van der Waals surface area (Å²) < 4.78 is 27.0. The van der Waals surface area contributed by atoms with Gasteiger partial charge in [0.15, 0.2) is 0 Å². The van der Waals surface area contributed by atoms with E-state index in [2.05, 4.69) is 30.0 Å². The van der Waals surface area contributed by atoms with Crippen LogP contribution in [0, 0.1) is 5.92 Å². The Balaban J connectivity index is 2.60. The Hall–Kier alpha value is -0.390. The summed E-state index contributed by atoms with van der Waals surface area (Å²) >= 11 is 0. The van der Waals surface area contributed by atoms with Gasteiger partial charge in [0.2, 0.25) is 10.0 Å². The molecule has 112 valence electrons. The monoisotopic (exact) mass is 288 g/mol. The lowest BCUT2D eigenvalue weighted by molar-refractivity contribution is 0.199. The molecule has 1 N–H and O–H groups in total. The molecule has 0 aromatic heterocycles. The second-order valence-corrected chi connectivity index (χ2v) is 7.96. The van der Waals surface area contributed by atoms with Gasteiger partial charge in [0, 0.05) is 18.6 Å². The van der Waals surface area contributed by atoms with E-state index in [1.807, 2.05) is 19.9 Å². The molecule has 1 saturated heterocycles. The molecule has 1 heterocycles. The van der Waals surface area contributed by atoms with Gasteiger partial charge in [-0.15, -0.1) is 6.58 Å². The van der Waals surface area contributed by atoms with Crippen molar-refractivity contribution in [2.75, 3.05) is 13.1 Å². The lowest BCUT2D eigenvalue weighted by Gasteiger charge is -2.29. The van der Waals surface area contributed by atoms with E-state index >= 15 is 0 Å². The van der Waals surface area contributed by atoms with Gasteiger partial charge in [-0.05, 0) is 46.1 Å². The molecule has 1 fully saturated rings. The molecular weight excluding hydrogens is 260 g/mol. The Kier molecular flexibility index (Phi) is 6.02. The van der Waals surface area contributed by atoms with Gasteiger partial charge in [0.1, 0.15) is 0 Å². The highest BCUT2D eigenvalue weighted by atomic mass is 32.2. The lowest BCUT2D eigenvalue weighted by atomic mass is 9.99. The van der Waals surface area contributed by atoms with Crippen molar-refractivity contribution < 1.29 is 8.42 Å². The Morgan fingerprint density at radius 2 is 2.00 bits per heavy atom. The second kappa shape index (κ2) is 6.86. The van der Waals surface area contributed by atoms with Gasteiger partial charge in [-0.25, -0.2) is 13.1 Å². The predicted octanol–water partition coefficient (Wildman–Crippen LogP) is 1.99. The zero-order valence-corrected chi connectivity index (χ0v) is 13.4. The molecule has 3 unspecified atom stereocenters. The van der Waals surface area contributed by atoms with Crippen LogP contribution in [0.2, 0.25) is 0 Å². The van der Waals surface area contributed by atoms with Gasteiger partial charge < -0.3 is 0 Å². The molecule has 0 bridgehead atoms. The third-order valence-electron chi connectivity index (χ3n) is 3.95. The van der Waals surface area contributed by atoms with E-state index < -0.39 is 10.0 Å². The van der Waals surface area contributed by atoms with Crippen molar-refractivity contribution in [3.05, 3.63) is 12.7 Å². The van der Waals surface area contributed by atoms with E-state index in [0.717, 1.165) is 19.4 Å².